The van der Waals surface area contributed by atoms with E-state index in [9.17, 15) is 8.42 Å². The van der Waals surface area contributed by atoms with Crippen molar-refractivity contribution in [3.05, 3.63) is 29.8 Å². The molecule has 2 rings (SSSR count). The van der Waals surface area contributed by atoms with Gasteiger partial charge in [-0.05, 0) is 51.2 Å². The minimum absolute atomic E-state index is 0. The van der Waals surface area contributed by atoms with Gasteiger partial charge in [0.05, 0.1) is 57.8 Å². The fourth-order valence-electron chi connectivity index (χ4n) is 2.86. The Kier molecular flexibility index (Phi) is 34.2. The van der Waals surface area contributed by atoms with E-state index < -0.39 is 9.84 Å². The molecule has 0 bridgehead atoms. The quantitative estimate of drug-likeness (QED) is 0.203. The van der Waals surface area contributed by atoms with Crippen LogP contribution in [0.4, 0.5) is 0 Å². The van der Waals surface area contributed by atoms with E-state index in [2.05, 4.69) is 13.8 Å². The van der Waals surface area contributed by atoms with Crippen LogP contribution in [-0.2, 0) is 38.3 Å². The first-order chi connectivity index (χ1) is 17.8. The molecule has 1 aromatic rings. The first-order valence-corrected chi connectivity index (χ1v) is 15.2. The van der Waals surface area contributed by atoms with Gasteiger partial charge in [0.15, 0.2) is 16.1 Å². The summed E-state index contributed by atoms with van der Waals surface area (Å²) in [5.74, 6) is 0. The maximum atomic E-state index is 10.9. The molecule has 0 radical (unpaired) electrons. The normalized spacial score (nSPS) is 14.5. The van der Waals surface area contributed by atoms with Gasteiger partial charge in [-0.15, -0.1) is 0 Å². The molecule has 0 amide bonds. The summed E-state index contributed by atoms with van der Waals surface area (Å²) in [6, 6.07) is 6.81. The van der Waals surface area contributed by atoms with Crippen molar-refractivity contribution in [1.29, 1.82) is 0 Å². The topological polar surface area (TPSA) is 140 Å². The average molecular weight is 591 g/mol. The Morgan fingerprint density at radius 3 is 1.74 bits per heavy atom. The molecule has 1 aliphatic rings. The van der Waals surface area contributed by atoms with E-state index in [0.717, 1.165) is 51.1 Å². The van der Waals surface area contributed by atoms with Crippen molar-refractivity contribution in [1.82, 2.24) is 0 Å². The Bertz CT molecular complexity index is 706. The van der Waals surface area contributed by atoms with Gasteiger partial charge in [-0.1, -0.05) is 31.5 Å². The molecular formula is C27H51NaO10S. The summed E-state index contributed by atoms with van der Waals surface area (Å²) in [4.78, 5) is 0.378. The Morgan fingerprint density at radius 1 is 0.821 bits per heavy atom. The first-order valence-electron chi connectivity index (χ1n) is 13.3. The third kappa shape index (κ3) is 29.2. The van der Waals surface area contributed by atoms with Gasteiger partial charge in [-0.2, -0.15) is 0 Å². The van der Waals surface area contributed by atoms with Gasteiger partial charge in [-0.3, -0.25) is 0 Å². The number of benzene rings is 1. The summed E-state index contributed by atoms with van der Waals surface area (Å²) >= 11 is 0. The second-order valence-corrected chi connectivity index (χ2v) is 10.4. The van der Waals surface area contributed by atoms with Gasteiger partial charge in [0, 0.05) is 26.1 Å². The number of aryl methyl sites for hydroxylation is 1. The third-order valence-electron chi connectivity index (χ3n) is 4.80. The molecule has 226 valence electrons. The Hall–Kier alpha value is -0.150. The van der Waals surface area contributed by atoms with Crippen molar-refractivity contribution in [2.24, 2.45) is 0 Å². The van der Waals surface area contributed by atoms with Gasteiger partial charge >= 0.3 is 29.6 Å². The second-order valence-electron chi connectivity index (χ2n) is 8.43. The van der Waals surface area contributed by atoms with Crippen molar-refractivity contribution in [3.8, 4) is 0 Å². The van der Waals surface area contributed by atoms with Gasteiger partial charge in [-0.25, -0.2) is 8.42 Å². The summed E-state index contributed by atoms with van der Waals surface area (Å²) in [7, 11) is -3.02. The van der Waals surface area contributed by atoms with Crippen LogP contribution in [0, 0.1) is 6.92 Å². The third-order valence-corrected chi connectivity index (χ3v) is 5.92. The number of hydrogen-bond acceptors (Lipinski definition) is 10. The van der Waals surface area contributed by atoms with E-state index >= 15 is 0 Å². The molecule has 39 heavy (non-hydrogen) atoms. The number of aliphatic hydroxyl groups excluding tert-OH is 1. The van der Waals surface area contributed by atoms with Crippen molar-refractivity contribution in [2.75, 3.05) is 78.9 Å². The van der Waals surface area contributed by atoms with Crippen LogP contribution in [0.15, 0.2) is 29.2 Å². The van der Waals surface area contributed by atoms with Crippen LogP contribution in [0.5, 0.6) is 0 Å². The van der Waals surface area contributed by atoms with Gasteiger partial charge in [0.1, 0.15) is 0 Å². The maximum Gasteiger partial charge on any atom is 1.00 e. The zero-order valence-electron chi connectivity index (χ0n) is 24.8. The fraction of sp³-hybridized carbons (Fsp3) is 0.778. The van der Waals surface area contributed by atoms with Crippen LogP contribution < -0.4 is 29.6 Å². The summed E-state index contributed by atoms with van der Waals surface area (Å²) in [5, 5.41) is 8.30. The minimum atomic E-state index is -3.02. The molecular weight excluding hydrogens is 539 g/mol. The molecule has 1 unspecified atom stereocenters. The Morgan fingerprint density at radius 2 is 1.31 bits per heavy atom. The SMILES string of the molecule is CCCOCCOCCO.CCCOCCOCCOC1CCCCO1.Cc1ccc(S(C)(=O)=O)cc1.[Na+].[OH-]. The number of ether oxygens (including phenoxy) is 6. The van der Waals surface area contributed by atoms with Crippen LogP contribution >= 0.6 is 0 Å². The molecule has 0 saturated carbocycles. The fourth-order valence-corrected chi connectivity index (χ4v) is 3.49. The first kappa shape index (κ1) is 43.3. The van der Waals surface area contributed by atoms with Crippen LogP contribution in [0.1, 0.15) is 51.5 Å². The van der Waals surface area contributed by atoms with E-state index in [0.29, 0.717) is 51.1 Å². The zero-order chi connectivity index (χ0) is 27.6. The van der Waals surface area contributed by atoms with Crippen LogP contribution in [-0.4, -0.2) is 104 Å². The van der Waals surface area contributed by atoms with E-state index in [1.54, 1.807) is 24.3 Å². The monoisotopic (exact) mass is 590 g/mol. The molecule has 12 heteroatoms. The standard InChI is InChI=1S/C12H24O4.C8H10O2S.C7H16O3.Na.H2O/c1-2-6-13-8-9-14-10-11-16-12-5-3-4-7-15-12;1-7-3-5-8(6-4-7)11(2,9)10;1-2-4-9-6-7-10-5-3-8;;/h12H,2-11H2,1H3;3-6H,1-2H3;8H,2-7H2,1H3;;1H2/q;;;+1;/p-1. The summed E-state index contributed by atoms with van der Waals surface area (Å²) < 4.78 is 53.6. The largest absolute Gasteiger partial charge is 1.00 e. The molecule has 1 fully saturated rings. The maximum absolute atomic E-state index is 10.9. The van der Waals surface area contributed by atoms with E-state index in [4.69, 9.17) is 33.5 Å². The minimum Gasteiger partial charge on any atom is -0.870 e. The number of sulfone groups is 1. The van der Waals surface area contributed by atoms with Gasteiger partial charge in [0.2, 0.25) is 0 Å². The molecule has 2 N–H and O–H groups in total. The van der Waals surface area contributed by atoms with Gasteiger partial charge < -0.3 is 39.0 Å². The van der Waals surface area contributed by atoms with Crippen LogP contribution in [0.25, 0.3) is 0 Å². The molecule has 1 aliphatic heterocycles. The molecule has 0 spiro atoms. The summed E-state index contributed by atoms with van der Waals surface area (Å²) in [5.41, 5.74) is 1.07. The van der Waals surface area contributed by atoms with E-state index in [1.807, 2.05) is 6.92 Å². The number of rotatable bonds is 17. The smallest absolute Gasteiger partial charge is 0.870 e. The molecule has 10 nitrogen and oxygen atoms in total. The molecule has 1 saturated heterocycles. The average Bonchev–Trinajstić information content (AvgIpc) is 2.89. The second kappa shape index (κ2) is 30.8. The molecule has 1 aromatic carbocycles. The molecule has 1 heterocycles. The summed E-state index contributed by atoms with van der Waals surface area (Å²) in [6.45, 7) is 12.8. The number of hydrogen-bond donors (Lipinski definition) is 1. The van der Waals surface area contributed by atoms with Crippen molar-refractivity contribution in [2.45, 2.75) is 64.1 Å². The predicted molar refractivity (Wildman–Crippen MR) is 147 cm³/mol. The van der Waals surface area contributed by atoms with Crippen LogP contribution in [0.3, 0.4) is 0 Å². The van der Waals surface area contributed by atoms with E-state index in [-0.39, 0.29) is 47.9 Å². The number of aliphatic hydroxyl groups is 1. The summed E-state index contributed by atoms with van der Waals surface area (Å²) in [6.07, 6.45) is 6.68. The van der Waals surface area contributed by atoms with Crippen molar-refractivity contribution in [3.63, 3.8) is 0 Å². The zero-order valence-corrected chi connectivity index (χ0v) is 27.6. The Labute approximate surface area is 258 Å². The van der Waals surface area contributed by atoms with Crippen molar-refractivity contribution >= 4 is 9.84 Å². The molecule has 0 aromatic heterocycles. The Balaban J connectivity index is -0.000000504. The van der Waals surface area contributed by atoms with Crippen LogP contribution in [0.2, 0.25) is 0 Å². The van der Waals surface area contributed by atoms with Crippen molar-refractivity contribution < 1.29 is 77.0 Å². The molecule has 1 atom stereocenters. The van der Waals surface area contributed by atoms with Gasteiger partial charge in [0.25, 0.3) is 0 Å². The molecule has 0 aliphatic carbocycles. The van der Waals surface area contributed by atoms with E-state index in [1.165, 1.54) is 12.7 Å². The predicted octanol–water partition coefficient (Wildman–Crippen LogP) is 0.620.